The first-order valence-electron chi connectivity index (χ1n) is 6.62. The molecule has 2 aromatic heterocycles. The lowest BCUT2D eigenvalue weighted by Gasteiger charge is -2.05. The van der Waals surface area contributed by atoms with Crippen LogP contribution in [0.2, 0.25) is 5.02 Å². The SMILES string of the molecule is Cc1cc2cc(C(=O)O)ccn2c1C(=O)c1ccc(Cl)cc1. The van der Waals surface area contributed by atoms with Crippen molar-refractivity contribution in [2.75, 3.05) is 0 Å². The number of carboxylic acids is 1. The monoisotopic (exact) mass is 313 g/mol. The molecule has 1 aromatic carbocycles. The number of aromatic carboxylic acids is 1. The lowest BCUT2D eigenvalue weighted by molar-refractivity contribution is 0.0696. The molecule has 0 unspecified atom stereocenters. The number of aromatic nitrogens is 1. The second kappa shape index (κ2) is 5.31. The summed E-state index contributed by atoms with van der Waals surface area (Å²) in [5.74, 6) is -1.12. The number of pyridine rings is 1. The number of aryl methyl sites for hydroxylation is 1. The van der Waals surface area contributed by atoms with Gasteiger partial charge in [-0.25, -0.2) is 4.79 Å². The van der Waals surface area contributed by atoms with Crippen LogP contribution in [0, 0.1) is 6.92 Å². The number of carboxylic acid groups (broad SMARTS) is 1. The van der Waals surface area contributed by atoms with Crippen LogP contribution < -0.4 is 0 Å². The van der Waals surface area contributed by atoms with Gasteiger partial charge in [0.15, 0.2) is 0 Å². The molecule has 0 fully saturated rings. The van der Waals surface area contributed by atoms with Gasteiger partial charge in [-0.2, -0.15) is 0 Å². The van der Waals surface area contributed by atoms with Gasteiger partial charge in [-0.05, 0) is 55.0 Å². The zero-order valence-electron chi connectivity index (χ0n) is 11.7. The van der Waals surface area contributed by atoms with Crippen LogP contribution in [0.25, 0.3) is 5.52 Å². The first-order valence-corrected chi connectivity index (χ1v) is 7.00. The molecule has 5 heteroatoms. The summed E-state index contributed by atoms with van der Waals surface area (Å²) in [5.41, 5.74) is 2.72. The molecule has 0 bridgehead atoms. The summed E-state index contributed by atoms with van der Waals surface area (Å²) < 4.78 is 1.71. The summed E-state index contributed by atoms with van der Waals surface area (Å²) in [4.78, 5) is 23.7. The largest absolute Gasteiger partial charge is 0.478 e. The van der Waals surface area contributed by atoms with Gasteiger partial charge in [-0.3, -0.25) is 4.79 Å². The summed E-state index contributed by atoms with van der Waals surface area (Å²) in [5, 5.41) is 9.61. The number of carbonyl (C=O) groups excluding carboxylic acids is 1. The van der Waals surface area contributed by atoms with E-state index < -0.39 is 5.97 Å². The second-order valence-electron chi connectivity index (χ2n) is 5.03. The number of fused-ring (bicyclic) bond motifs is 1. The zero-order valence-corrected chi connectivity index (χ0v) is 12.5. The van der Waals surface area contributed by atoms with Crippen molar-refractivity contribution in [1.29, 1.82) is 0 Å². The Kier molecular flexibility index (Phi) is 3.47. The number of hydrogen-bond acceptors (Lipinski definition) is 2. The van der Waals surface area contributed by atoms with E-state index in [0.29, 0.717) is 21.8 Å². The maximum atomic E-state index is 12.7. The van der Waals surface area contributed by atoms with Crippen molar-refractivity contribution < 1.29 is 14.7 Å². The number of rotatable bonds is 3. The third-order valence-electron chi connectivity index (χ3n) is 3.53. The third-order valence-corrected chi connectivity index (χ3v) is 3.78. The smallest absolute Gasteiger partial charge is 0.335 e. The molecule has 1 N–H and O–H groups in total. The van der Waals surface area contributed by atoms with Gasteiger partial charge in [0, 0.05) is 22.3 Å². The van der Waals surface area contributed by atoms with Gasteiger partial charge in [-0.1, -0.05) is 11.6 Å². The predicted molar refractivity (Wildman–Crippen MR) is 84.0 cm³/mol. The highest BCUT2D eigenvalue weighted by Gasteiger charge is 2.17. The molecule has 0 amide bonds. The molecule has 0 saturated heterocycles. The number of carbonyl (C=O) groups is 2. The highest BCUT2D eigenvalue weighted by atomic mass is 35.5. The van der Waals surface area contributed by atoms with Crippen molar-refractivity contribution in [3.05, 3.63) is 76.1 Å². The van der Waals surface area contributed by atoms with Crippen molar-refractivity contribution in [2.45, 2.75) is 6.92 Å². The highest BCUT2D eigenvalue weighted by molar-refractivity contribution is 6.30. The van der Waals surface area contributed by atoms with Crippen molar-refractivity contribution >= 4 is 28.9 Å². The van der Waals surface area contributed by atoms with E-state index in [1.807, 2.05) is 6.92 Å². The number of ketones is 1. The van der Waals surface area contributed by atoms with E-state index in [9.17, 15) is 9.59 Å². The van der Waals surface area contributed by atoms with Crippen LogP contribution in [0.5, 0.6) is 0 Å². The topological polar surface area (TPSA) is 58.8 Å². The number of nitrogens with zero attached hydrogens (tertiary/aromatic N) is 1. The lowest BCUT2D eigenvalue weighted by atomic mass is 10.1. The van der Waals surface area contributed by atoms with Gasteiger partial charge in [-0.15, -0.1) is 0 Å². The summed E-state index contributed by atoms with van der Waals surface area (Å²) in [6.07, 6.45) is 1.61. The molecule has 0 aliphatic heterocycles. The number of hydrogen-bond donors (Lipinski definition) is 1. The maximum absolute atomic E-state index is 12.7. The van der Waals surface area contributed by atoms with E-state index in [0.717, 1.165) is 5.56 Å². The Bertz CT molecular complexity index is 894. The molecule has 0 radical (unpaired) electrons. The van der Waals surface area contributed by atoms with Crippen molar-refractivity contribution in [2.24, 2.45) is 0 Å². The van der Waals surface area contributed by atoms with E-state index in [4.69, 9.17) is 16.7 Å². The van der Waals surface area contributed by atoms with Crippen molar-refractivity contribution in [3.8, 4) is 0 Å². The van der Waals surface area contributed by atoms with Crippen LogP contribution in [0.4, 0.5) is 0 Å². The Hall–Kier alpha value is -2.59. The van der Waals surface area contributed by atoms with Crippen LogP contribution in [-0.4, -0.2) is 21.3 Å². The van der Waals surface area contributed by atoms with Gasteiger partial charge < -0.3 is 9.51 Å². The molecule has 4 nitrogen and oxygen atoms in total. The third kappa shape index (κ3) is 2.38. The minimum Gasteiger partial charge on any atom is -0.478 e. The fourth-order valence-electron chi connectivity index (χ4n) is 2.47. The van der Waals surface area contributed by atoms with E-state index in [-0.39, 0.29) is 11.3 Å². The Balaban J connectivity index is 2.14. The molecule has 0 aliphatic rings. The second-order valence-corrected chi connectivity index (χ2v) is 5.46. The predicted octanol–water partition coefficient (Wildman–Crippen LogP) is 3.83. The Morgan fingerprint density at radius 2 is 1.73 bits per heavy atom. The Labute approximate surface area is 131 Å². The standard InChI is InChI=1S/C17H12ClNO3/c1-10-8-14-9-12(17(21)22)6-7-19(14)15(10)16(20)11-2-4-13(18)5-3-11/h2-9H,1H3,(H,21,22). The molecule has 2 heterocycles. The molecule has 0 saturated carbocycles. The van der Waals surface area contributed by atoms with E-state index in [2.05, 4.69) is 0 Å². The van der Waals surface area contributed by atoms with E-state index >= 15 is 0 Å². The molecule has 3 rings (SSSR count). The molecular formula is C17H12ClNO3. The van der Waals surface area contributed by atoms with Crippen LogP contribution >= 0.6 is 11.6 Å². The van der Waals surface area contributed by atoms with E-state index in [1.165, 1.54) is 6.07 Å². The average Bonchev–Trinajstić information content (AvgIpc) is 2.82. The molecule has 110 valence electrons. The Morgan fingerprint density at radius 3 is 2.36 bits per heavy atom. The first kappa shape index (κ1) is 14.4. The zero-order chi connectivity index (χ0) is 15.9. The maximum Gasteiger partial charge on any atom is 0.335 e. The summed E-state index contributed by atoms with van der Waals surface area (Å²) >= 11 is 5.84. The molecule has 3 aromatic rings. The minimum atomic E-state index is -0.994. The highest BCUT2D eigenvalue weighted by Crippen LogP contribution is 2.21. The summed E-state index contributed by atoms with van der Waals surface area (Å²) in [7, 11) is 0. The van der Waals surface area contributed by atoms with Gasteiger partial charge in [0.1, 0.15) is 0 Å². The van der Waals surface area contributed by atoms with Crippen LogP contribution in [-0.2, 0) is 0 Å². The van der Waals surface area contributed by atoms with Crippen LogP contribution in [0.15, 0.2) is 48.7 Å². The number of halogens is 1. The lowest BCUT2D eigenvalue weighted by Crippen LogP contribution is -2.07. The fraction of sp³-hybridized carbons (Fsp3) is 0.0588. The minimum absolute atomic E-state index is 0.128. The molecule has 0 aliphatic carbocycles. The van der Waals surface area contributed by atoms with Gasteiger partial charge in [0.05, 0.1) is 11.3 Å². The molecule has 0 atom stereocenters. The van der Waals surface area contributed by atoms with Gasteiger partial charge in [0.25, 0.3) is 0 Å². The average molecular weight is 314 g/mol. The summed E-state index contributed by atoms with van der Waals surface area (Å²) in [6, 6.07) is 11.5. The fourth-order valence-corrected chi connectivity index (χ4v) is 2.60. The molecule has 22 heavy (non-hydrogen) atoms. The first-order chi connectivity index (χ1) is 10.5. The van der Waals surface area contributed by atoms with Crippen LogP contribution in [0.1, 0.15) is 32.0 Å². The van der Waals surface area contributed by atoms with Gasteiger partial charge >= 0.3 is 5.97 Å². The molecule has 0 spiro atoms. The number of benzene rings is 1. The Morgan fingerprint density at radius 1 is 1.05 bits per heavy atom. The van der Waals surface area contributed by atoms with Crippen molar-refractivity contribution in [1.82, 2.24) is 4.40 Å². The van der Waals surface area contributed by atoms with Crippen molar-refractivity contribution in [3.63, 3.8) is 0 Å². The van der Waals surface area contributed by atoms with Gasteiger partial charge in [0.2, 0.25) is 5.78 Å². The molecular weight excluding hydrogens is 302 g/mol. The quantitative estimate of drug-likeness (QED) is 0.748. The van der Waals surface area contributed by atoms with Crippen LogP contribution in [0.3, 0.4) is 0 Å². The normalized spacial score (nSPS) is 10.8. The summed E-state index contributed by atoms with van der Waals surface area (Å²) in [6.45, 7) is 1.83. The van der Waals surface area contributed by atoms with E-state index in [1.54, 1.807) is 47.0 Å².